The van der Waals surface area contributed by atoms with Gasteiger partial charge in [-0.1, -0.05) is 48.6 Å². The lowest BCUT2D eigenvalue weighted by Crippen LogP contribution is -2.33. The van der Waals surface area contributed by atoms with E-state index in [-0.39, 0.29) is 12.4 Å². The summed E-state index contributed by atoms with van der Waals surface area (Å²) in [6, 6.07) is 15.3. The summed E-state index contributed by atoms with van der Waals surface area (Å²) in [5.41, 5.74) is 4.50. The van der Waals surface area contributed by atoms with Crippen LogP contribution in [0.1, 0.15) is 36.1 Å². The van der Waals surface area contributed by atoms with Crippen molar-refractivity contribution < 1.29 is 0 Å². The van der Waals surface area contributed by atoms with Crippen LogP contribution in [0.3, 0.4) is 0 Å². The molecular formula is C22H26ClNS. The third-order valence-corrected chi connectivity index (χ3v) is 6.17. The van der Waals surface area contributed by atoms with Crippen LogP contribution in [-0.2, 0) is 0 Å². The highest BCUT2D eigenvalue weighted by Crippen LogP contribution is 2.33. The van der Waals surface area contributed by atoms with Crippen LogP contribution in [0.5, 0.6) is 0 Å². The minimum absolute atomic E-state index is 0. The van der Waals surface area contributed by atoms with E-state index in [1.54, 1.807) is 5.57 Å². The van der Waals surface area contributed by atoms with Crippen LogP contribution in [-0.4, -0.2) is 24.5 Å². The minimum atomic E-state index is 0. The molecule has 1 aliphatic carbocycles. The summed E-state index contributed by atoms with van der Waals surface area (Å²) in [7, 11) is 0. The van der Waals surface area contributed by atoms with Crippen molar-refractivity contribution in [1.82, 2.24) is 4.90 Å². The van der Waals surface area contributed by atoms with Gasteiger partial charge in [-0.25, -0.2) is 0 Å². The first-order valence-corrected chi connectivity index (χ1v) is 9.98. The van der Waals surface area contributed by atoms with Crippen molar-refractivity contribution in [3.63, 3.8) is 0 Å². The summed E-state index contributed by atoms with van der Waals surface area (Å²) in [4.78, 5) is 4.11. The largest absolute Gasteiger partial charge is 0.299 e. The Morgan fingerprint density at radius 3 is 2.60 bits per heavy atom. The Morgan fingerprint density at radius 1 is 1.00 bits per heavy atom. The number of halogens is 1. The van der Waals surface area contributed by atoms with E-state index in [0.717, 1.165) is 12.5 Å². The van der Waals surface area contributed by atoms with Gasteiger partial charge in [-0.15, -0.1) is 23.7 Å². The Kier molecular flexibility index (Phi) is 6.52. The second-order valence-corrected chi connectivity index (χ2v) is 7.87. The van der Waals surface area contributed by atoms with E-state index in [2.05, 4.69) is 64.9 Å². The molecule has 1 atom stereocenters. The van der Waals surface area contributed by atoms with Crippen LogP contribution in [0.2, 0.25) is 0 Å². The molecule has 1 nitrogen and oxygen atoms in total. The molecule has 0 saturated heterocycles. The van der Waals surface area contributed by atoms with Crippen molar-refractivity contribution in [3.8, 4) is 0 Å². The van der Waals surface area contributed by atoms with Gasteiger partial charge in [-0.05, 0) is 59.8 Å². The van der Waals surface area contributed by atoms with Crippen LogP contribution in [0.15, 0.2) is 60.0 Å². The highest BCUT2D eigenvalue weighted by atomic mass is 35.5. The summed E-state index contributed by atoms with van der Waals surface area (Å²) in [5.74, 6) is 0.725. The van der Waals surface area contributed by atoms with E-state index in [4.69, 9.17) is 0 Å². The fourth-order valence-electron chi connectivity index (χ4n) is 3.94. The molecule has 25 heavy (non-hydrogen) atoms. The van der Waals surface area contributed by atoms with Crippen molar-refractivity contribution in [2.45, 2.75) is 25.7 Å². The van der Waals surface area contributed by atoms with E-state index >= 15 is 0 Å². The first-order chi connectivity index (χ1) is 11.9. The number of thiophene rings is 1. The van der Waals surface area contributed by atoms with Gasteiger partial charge in [0.15, 0.2) is 0 Å². The van der Waals surface area contributed by atoms with Crippen LogP contribution >= 0.6 is 23.7 Å². The van der Waals surface area contributed by atoms with E-state index in [0.29, 0.717) is 0 Å². The van der Waals surface area contributed by atoms with Crippen LogP contribution in [0.25, 0.3) is 11.1 Å². The zero-order chi connectivity index (χ0) is 16.2. The number of hydrogen-bond acceptors (Lipinski definition) is 2. The minimum Gasteiger partial charge on any atom is -0.299 e. The standard InChI is InChI=1S/C22H25NS.ClH/c1-2-7-19(8-3-1)20-11-13-23(14-12-20)17-18-6-4-9-21(16-18)22-10-5-15-24-22;/h1-3,5,7-8,10-11,15-16,18H,4,6,9,12-14,17H2;1H. The van der Waals surface area contributed by atoms with Gasteiger partial charge in [0.25, 0.3) is 0 Å². The molecule has 2 heterocycles. The average Bonchev–Trinajstić information content (AvgIpc) is 3.18. The summed E-state index contributed by atoms with van der Waals surface area (Å²) in [6.07, 6.45) is 10.1. The van der Waals surface area contributed by atoms with Gasteiger partial charge >= 0.3 is 0 Å². The van der Waals surface area contributed by atoms with Gasteiger partial charge in [0.1, 0.15) is 0 Å². The number of nitrogens with zero attached hydrogens (tertiary/aromatic N) is 1. The molecular weight excluding hydrogens is 346 g/mol. The van der Waals surface area contributed by atoms with Crippen molar-refractivity contribution in [2.75, 3.05) is 19.6 Å². The maximum absolute atomic E-state index is 2.63. The summed E-state index contributed by atoms with van der Waals surface area (Å²) in [6.45, 7) is 3.51. The average molecular weight is 372 g/mol. The second kappa shape index (κ2) is 8.84. The molecule has 0 saturated carbocycles. The highest BCUT2D eigenvalue weighted by Gasteiger charge is 2.20. The number of hydrogen-bond donors (Lipinski definition) is 0. The van der Waals surface area contributed by atoms with E-state index in [9.17, 15) is 0 Å². The zero-order valence-electron chi connectivity index (χ0n) is 14.6. The molecule has 1 aromatic carbocycles. The predicted octanol–water partition coefficient (Wildman–Crippen LogP) is 6.14. The third-order valence-electron chi connectivity index (χ3n) is 5.23. The molecule has 0 amide bonds. The maximum atomic E-state index is 2.63. The maximum Gasteiger partial charge on any atom is 0.0299 e. The van der Waals surface area contributed by atoms with Gasteiger partial charge in [0.05, 0.1) is 0 Å². The Balaban J connectivity index is 0.00000182. The molecule has 1 unspecified atom stereocenters. The van der Waals surface area contributed by atoms with Gasteiger partial charge in [-0.3, -0.25) is 4.90 Å². The van der Waals surface area contributed by atoms with E-state index in [1.165, 1.54) is 54.8 Å². The molecule has 0 spiro atoms. The first kappa shape index (κ1) is 18.4. The molecule has 4 rings (SSSR count). The molecule has 0 radical (unpaired) electrons. The Bertz CT molecular complexity index is 718. The van der Waals surface area contributed by atoms with Crippen molar-refractivity contribution in [1.29, 1.82) is 0 Å². The van der Waals surface area contributed by atoms with Crippen LogP contribution in [0.4, 0.5) is 0 Å². The lowest BCUT2D eigenvalue weighted by atomic mass is 9.89. The highest BCUT2D eigenvalue weighted by molar-refractivity contribution is 7.11. The molecule has 1 aromatic heterocycles. The van der Waals surface area contributed by atoms with Crippen molar-refractivity contribution in [2.24, 2.45) is 5.92 Å². The van der Waals surface area contributed by atoms with Gasteiger partial charge in [0, 0.05) is 24.5 Å². The van der Waals surface area contributed by atoms with Crippen LogP contribution in [0, 0.1) is 5.92 Å². The summed E-state index contributed by atoms with van der Waals surface area (Å²) >= 11 is 1.88. The summed E-state index contributed by atoms with van der Waals surface area (Å²) in [5, 5.41) is 2.19. The van der Waals surface area contributed by atoms with E-state index < -0.39 is 0 Å². The lowest BCUT2D eigenvalue weighted by Gasteiger charge is -2.31. The third kappa shape index (κ3) is 4.63. The molecule has 1 aliphatic heterocycles. The molecule has 2 aliphatic rings. The molecule has 2 aromatic rings. The number of allylic oxidation sites excluding steroid dienone is 1. The predicted molar refractivity (Wildman–Crippen MR) is 112 cm³/mol. The first-order valence-electron chi connectivity index (χ1n) is 9.10. The monoisotopic (exact) mass is 371 g/mol. The van der Waals surface area contributed by atoms with Gasteiger partial charge < -0.3 is 0 Å². The Hall–Kier alpha value is -1.35. The molecule has 0 N–H and O–H groups in total. The van der Waals surface area contributed by atoms with Gasteiger partial charge in [-0.2, -0.15) is 0 Å². The quantitative estimate of drug-likeness (QED) is 0.623. The fourth-order valence-corrected chi connectivity index (χ4v) is 4.72. The normalized spacial score (nSPS) is 21.2. The second-order valence-electron chi connectivity index (χ2n) is 6.93. The summed E-state index contributed by atoms with van der Waals surface area (Å²) < 4.78 is 0. The van der Waals surface area contributed by atoms with Crippen molar-refractivity contribution in [3.05, 3.63) is 70.4 Å². The Morgan fingerprint density at radius 2 is 1.88 bits per heavy atom. The van der Waals surface area contributed by atoms with Gasteiger partial charge in [0.2, 0.25) is 0 Å². The van der Waals surface area contributed by atoms with Crippen molar-refractivity contribution >= 4 is 34.9 Å². The smallest absolute Gasteiger partial charge is 0.0299 e. The van der Waals surface area contributed by atoms with Crippen LogP contribution < -0.4 is 0 Å². The number of rotatable bonds is 4. The van der Waals surface area contributed by atoms with E-state index in [1.807, 2.05) is 11.3 Å². The molecule has 0 fully saturated rings. The topological polar surface area (TPSA) is 3.24 Å². The lowest BCUT2D eigenvalue weighted by molar-refractivity contribution is 0.262. The molecule has 0 bridgehead atoms. The SMILES string of the molecule is C1=C(c2ccccc2)CCN(CC2C=C(c3cccs3)CCC2)C1.Cl. The Labute approximate surface area is 161 Å². The fraction of sp³-hybridized carbons (Fsp3) is 0.364. The molecule has 3 heteroatoms. The zero-order valence-corrected chi connectivity index (χ0v) is 16.2. The molecule has 132 valence electrons. The number of benzene rings is 1.